The van der Waals surface area contributed by atoms with Crippen molar-refractivity contribution in [3.05, 3.63) is 59.5 Å². The van der Waals surface area contributed by atoms with E-state index >= 15 is 0 Å². The number of fused-ring (bicyclic) bond motifs is 2. The van der Waals surface area contributed by atoms with E-state index in [9.17, 15) is 0 Å². The smallest absolute Gasteiger partial charge is 0.133 e. The number of allylic oxidation sites excluding steroid dienone is 1. The Kier molecular flexibility index (Phi) is 3.82. The monoisotopic (exact) mass is 361 g/mol. The van der Waals surface area contributed by atoms with E-state index in [1.807, 2.05) is 24.6 Å². The van der Waals surface area contributed by atoms with Gasteiger partial charge in [-0.3, -0.25) is 4.98 Å². The van der Waals surface area contributed by atoms with Crippen LogP contribution in [0, 0.1) is 13.8 Å². The molecule has 0 amide bonds. The Morgan fingerprint density at radius 3 is 2.81 bits per heavy atom. The van der Waals surface area contributed by atoms with Crippen LogP contribution in [0.5, 0.6) is 0 Å². The summed E-state index contributed by atoms with van der Waals surface area (Å²) in [7, 11) is 0. The molecule has 1 N–H and O–H groups in total. The van der Waals surface area contributed by atoms with Gasteiger partial charge in [-0.25, -0.2) is 9.51 Å². The molecule has 1 saturated heterocycles. The largest absolute Gasteiger partial charge is 0.368 e. The molecule has 3 aliphatic heterocycles. The predicted molar refractivity (Wildman–Crippen MR) is 106 cm³/mol. The highest BCUT2D eigenvalue weighted by atomic mass is 15.3. The molecule has 7 nitrogen and oxygen atoms in total. The van der Waals surface area contributed by atoms with Gasteiger partial charge in [0, 0.05) is 38.9 Å². The molecule has 27 heavy (non-hydrogen) atoms. The summed E-state index contributed by atoms with van der Waals surface area (Å²) in [4.78, 5) is 14.0. The van der Waals surface area contributed by atoms with Gasteiger partial charge in [-0.1, -0.05) is 0 Å². The number of aryl methyl sites for hydroxylation is 2. The number of nitrogens with one attached hydrogen (secondary N) is 1. The molecule has 2 aromatic rings. The quantitative estimate of drug-likeness (QED) is 0.883. The Bertz CT molecular complexity index is 1020. The summed E-state index contributed by atoms with van der Waals surface area (Å²) in [6, 6.07) is 2.07. The van der Waals surface area contributed by atoms with E-state index in [0.29, 0.717) is 0 Å². The SMILES string of the molecule is Cc1cn2nc(C3=CCN4C=C(N5CCNCC5)C=CC4=N3)cc2c(C)n1. The molecule has 0 radical (unpaired) electrons. The highest BCUT2D eigenvalue weighted by Gasteiger charge is 2.21. The number of aromatic nitrogens is 3. The Labute approximate surface area is 158 Å². The van der Waals surface area contributed by atoms with E-state index in [0.717, 1.165) is 66.9 Å². The minimum atomic E-state index is 0.804. The molecular weight excluding hydrogens is 338 g/mol. The van der Waals surface area contributed by atoms with Crippen LogP contribution >= 0.6 is 0 Å². The van der Waals surface area contributed by atoms with Crippen molar-refractivity contribution in [2.24, 2.45) is 4.99 Å². The molecule has 0 spiro atoms. The van der Waals surface area contributed by atoms with E-state index in [1.165, 1.54) is 5.70 Å². The third kappa shape index (κ3) is 2.94. The van der Waals surface area contributed by atoms with Crippen LogP contribution in [0.1, 0.15) is 17.1 Å². The Hall–Kier alpha value is -2.93. The van der Waals surface area contributed by atoms with Crippen molar-refractivity contribution >= 4 is 17.0 Å². The lowest BCUT2D eigenvalue weighted by Gasteiger charge is -2.34. The van der Waals surface area contributed by atoms with Gasteiger partial charge in [-0.2, -0.15) is 5.10 Å². The maximum absolute atomic E-state index is 4.85. The standard InChI is InChI=1S/C20H23N7/c1-14-12-27-19(15(2)22-14)11-18(24-27)17-5-8-26-13-16(3-4-20(26)23-17)25-9-6-21-7-10-25/h3-5,11-13,21H,6-10H2,1-2H3. The van der Waals surface area contributed by atoms with E-state index in [4.69, 9.17) is 10.1 Å². The zero-order chi connectivity index (χ0) is 18.4. The minimum Gasteiger partial charge on any atom is -0.368 e. The number of aliphatic imine (C=N–C) groups is 1. The van der Waals surface area contributed by atoms with Crippen molar-refractivity contribution in [3.8, 4) is 0 Å². The first-order valence-electron chi connectivity index (χ1n) is 9.42. The predicted octanol–water partition coefficient (Wildman–Crippen LogP) is 1.72. The van der Waals surface area contributed by atoms with Crippen molar-refractivity contribution in [3.63, 3.8) is 0 Å². The third-order valence-electron chi connectivity index (χ3n) is 5.21. The number of amidine groups is 1. The fourth-order valence-electron chi connectivity index (χ4n) is 3.81. The van der Waals surface area contributed by atoms with Crippen LogP contribution < -0.4 is 5.32 Å². The maximum atomic E-state index is 4.85. The number of hydrogen-bond donors (Lipinski definition) is 1. The number of hydrogen-bond acceptors (Lipinski definition) is 6. The summed E-state index contributed by atoms with van der Waals surface area (Å²) in [5, 5.41) is 8.11. The first-order chi connectivity index (χ1) is 13.2. The highest BCUT2D eigenvalue weighted by Crippen LogP contribution is 2.25. The summed E-state index contributed by atoms with van der Waals surface area (Å²) in [5.41, 5.74) is 6.05. The average Bonchev–Trinajstić information content (AvgIpc) is 3.12. The molecule has 0 atom stereocenters. The molecular formula is C20H23N7. The van der Waals surface area contributed by atoms with E-state index < -0.39 is 0 Å². The number of piperazine rings is 1. The third-order valence-corrected chi connectivity index (χ3v) is 5.21. The van der Waals surface area contributed by atoms with Gasteiger partial charge in [0.25, 0.3) is 0 Å². The second-order valence-corrected chi connectivity index (χ2v) is 7.16. The topological polar surface area (TPSA) is 61.1 Å². The van der Waals surface area contributed by atoms with Gasteiger partial charge in [0.2, 0.25) is 0 Å². The molecule has 0 aromatic carbocycles. The fourth-order valence-corrected chi connectivity index (χ4v) is 3.81. The van der Waals surface area contributed by atoms with Crippen LogP contribution in [0.2, 0.25) is 0 Å². The maximum Gasteiger partial charge on any atom is 0.133 e. The summed E-state index contributed by atoms with van der Waals surface area (Å²) in [6.07, 6.45) is 10.6. The molecule has 3 aliphatic rings. The average molecular weight is 361 g/mol. The lowest BCUT2D eigenvalue weighted by molar-refractivity contribution is 0.302. The summed E-state index contributed by atoms with van der Waals surface area (Å²) in [6.45, 7) is 8.98. The van der Waals surface area contributed by atoms with Gasteiger partial charge in [0.1, 0.15) is 11.5 Å². The molecule has 2 aromatic heterocycles. The van der Waals surface area contributed by atoms with Crippen LogP contribution in [0.15, 0.2) is 47.4 Å². The molecule has 5 rings (SSSR count). The van der Waals surface area contributed by atoms with E-state index in [1.54, 1.807) is 0 Å². The highest BCUT2D eigenvalue weighted by molar-refractivity contribution is 6.00. The molecule has 0 unspecified atom stereocenters. The van der Waals surface area contributed by atoms with Gasteiger partial charge in [0.15, 0.2) is 0 Å². The molecule has 1 fully saturated rings. The molecule has 0 bridgehead atoms. The summed E-state index contributed by atoms with van der Waals surface area (Å²) < 4.78 is 1.90. The van der Waals surface area contributed by atoms with Crippen LogP contribution in [-0.4, -0.2) is 63.0 Å². The van der Waals surface area contributed by atoms with Crippen molar-refractivity contribution in [2.75, 3.05) is 32.7 Å². The lowest BCUT2D eigenvalue weighted by atomic mass is 10.2. The molecule has 0 aliphatic carbocycles. The first kappa shape index (κ1) is 16.3. The molecule has 7 heteroatoms. The van der Waals surface area contributed by atoms with Crippen LogP contribution in [0.4, 0.5) is 0 Å². The number of nitrogens with zero attached hydrogens (tertiary/aromatic N) is 6. The Morgan fingerprint density at radius 1 is 1.11 bits per heavy atom. The van der Waals surface area contributed by atoms with Gasteiger partial charge >= 0.3 is 0 Å². The Balaban J connectivity index is 1.42. The minimum absolute atomic E-state index is 0.804. The van der Waals surface area contributed by atoms with E-state index in [-0.39, 0.29) is 0 Å². The van der Waals surface area contributed by atoms with Crippen molar-refractivity contribution in [2.45, 2.75) is 13.8 Å². The summed E-state index contributed by atoms with van der Waals surface area (Å²) >= 11 is 0. The lowest BCUT2D eigenvalue weighted by Crippen LogP contribution is -2.44. The van der Waals surface area contributed by atoms with Gasteiger partial charge in [-0.05, 0) is 38.1 Å². The second kappa shape index (κ2) is 6.35. The van der Waals surface area contributed by atoms with Crippen LogP contribution in [0.3, 0.4) is 0 Å². The zero-order valence-corrected chi connectivity index (χ0v) is 15.7. The normalized spacial score (nSPS) is 19.7. The first-order valence-corrected chi connectivity index (χ1v) is 9.42. The fraction of sp³-hybridized carbons (Fsp3) is 0.350. The van der Waals surface area contributed by atoms with Crippen molar-refractivity contribution in [1.29, 1.82) is 0 Å². The molecule has 5 heterocycles. The van der Waals surface area contributed by atoms with Crippen molar-refractivity contribution in [1.82, 2.24) is 29.7 Å². The Morgan fingerprint density at radius 2 is 1.96 bits per heavy atom. The second-order valence-electron chi connectivity index (χ2n) is 7.16. The van der Waals surface area contributed by atoms with Gasteiger partial charge < -0.3 is 15.1 Å². The molecule has 0 saturated carbocycles. The number of rotatable bonds is 2. The summed E-state index contributed by atoms with van der Waals surface area (Å²) in [5.74, 6) is 0.967. The van der Waals surface area contributed by atoms with E-state index in [2.05, 4.69) is 50.6 Å². The van der Waals surface area contributed by atoms with Gasteiger partial charge in [-0.15, -0.1) is 0 Å². The van der Waals surface area contributed by atoms with Crippen LogP contribution in [0.25, 0.3) is 11.2 Å². The van der Waals surface area contributed by atoms with Gasteiger partial charge in [0.05, 0.1) is 34.5 Å². The zero-order valence-electron chi connectivity index (χ0n) is 15.7. The van der Waals surface area contributed by atoms with Crippen LogP contribution in [-0.2, 0) is 0 Å². The molecule has 138 valence electrons. The van der Waals surface area contributed by atoms with Crippen molar-refractivity contribution < 1.29 is 0 Å².